The van der Waals surface area contributed by atoms with Crippen molar-refractivity contribution in [3.05, 3.63) is 58.7 Å². The Morgan fingerprint density at radius 3 is 2.65 bits per heavy atom. The molecule has 0 saturated carbocycles. The molecule has 2 aromatic rings. The van der Waals surface area contributed by atoms with Crippen molar-refractivity contribution in [2.45, 2.75) is 33.1 Å². The Morgan fingerprint density at radius 2 is 1.88 bits per heavy atom. The lowest BCUT2D eigenvalue weighted by atomic mass is 9.95. The number of benzene rings is 2. The van der Waals surface area contributed by atoms with Crippen molar-refractivity contribution in [3.8, 4) is 11.1 Å². The second-order valence-electron chi connectivity index (χ2n) is 4.71. The maximum Gasteiger partial charge on any atom is -0.000718 e. The van der Waals surface area contributed by atoms with Gasteiger partial charge in [0.25, 0.3) is 0 Å². The number of aryl methyl sites for hydroxylation is 2. The van der Waals surface area contributed by atoms with Gasteiger partial charge in [-0.2, -0.15) is 0 Å². The summed E-state index contributed by atoms with van der Waals surface area (Å²) in [5.41, 5.74) is 8.53. The molecule has 17 heavy (non-hydrogen) atoms. The number of fused-ring (bicyclic) bond motifs is 3. The van der Waals surface area contributed by atoms with Crippen molar-refractivity contribution in [2.75, 3.05) is 0 Å². The zero-order chi connectivity index (χ0) is 11.8. The number of hydrogen-bond acceptors (Lipinski definition) is 0. The predicted octanol–water partition coefficient (Wildman–Crippen LogP) is 4.18. The first-order valence-corrected chi connectivity index (χ1v) is 6.48. The third-order valence-electron chi connectivity index (χ3n) is 3.74. The van der Waals surface area contributed by atoms with Gasteiger partial charge >= 0.3 is 0 Å². The van der Waals surface area contributed by atoms with Crippen LogP contribution in [0, 0.1) is 6.07 Å². The Labute approximate surface area is 103 Å². The van der Waals surface area contributed by atoms with E-state index in [9.17, 15) is 0 Å². The molecule has 0 heteroatoms. The van der Waals surface area contributed by atoms with Crippen molar-refractivity contribution in [1.82, 2.24) is 0 Å². The van der Waals surface area contributed by atoms with E-state index >= 15 is 0 Å². The molecule has 0 heterocycles. The van der Waals surface area contributed by atoms with Crippen LogP contribution in [0.3, 0.4) is 0 Å². The molecule has 0 aliphatic heterocycles. The molecular weight excluding hydrogens is 204 g/mol. The standard InChI is InChI=1S/C17H17/c1-3-12-9-15-10-14-7-5-6-8-16(14)17(15)11-13(12)4-2/h5-8,11H,3-4,10H2,1-2H3. The lowest BCUT2D eigenvalue weighted by molar-refractivity contribution is 1.03. The van der Waals surface area contributed by atoms with Crippen LogP contribution in [-0.2, 0) is 19.3 Å². The van der Waals surface area contributed by atoms with E-state index in [-0.39, 0.29) is 0 Å². The van der Waals surface area contributed by atoms with Gasteiger partial charge in [0.1, 0.15) is 0 Å². The highest BCUT2D eigenvalue weighted by molar-refractivity contribution is 5.77. The minimum absolute atomic E-state index is 1.06. The fraction of sp³-hybridized carbons (Fsp3) is 0.294. The van der Waals surface area contributed by atoms with Gasteiger partial charge in [-0.3, -0.25) is 0 Å². The molecule has 0 unspecified atom stereocenters. The van der Waals surface area contributed by atoms with E-state index in [1.165, 1.54) is 33.4 Å². The van der Waals surface area contributed by atoms with E-state index in [0.29, 0.717) is 0 Å². The topological polar surface area (TPSA) is 0 Å². The van der Waals surface area contributed by atoms with Crippen LogP contribution in [0.25, 0.3) is 11.1 Å². The van der Waals surface area contributed by atoms with E-state index in [4.69, 9.17) is 0 Å². The van der Waals surface area contributed by atoms with E-state index in [1.807, 2.05) is 0 Å². The molecule has 2 aromatic carbocycles. The summed E-state index contributed by atoms with van der Waals surface area (Å²) in [6, 6.07) is 14.8. The quantitative estimate of drug-likeness (QED) is 0.609. The van der Waals surface area contributed by atoms with Crippen LogP contribution in [0.1, 0.15) is 36.1 Å². The molecule has 0 atom stereocenters. The summed E-state index contributed by atoms with van der Waals surface area (Å²) in [6.45, 7) is 4.45. The normalized spacial score (nSPS) is 12.4. The molecule has 0 amide bonds. The molecule has 0 N–H and O–H groups in total. The van der Waals surface area contributed by atoms with Gasteiger partial charge in [-0.25, -0.2) is 0 Å². The summed E-state index contributed by atoms with van der Waals surface area (Å²) >= 11 is 0. The van der Waals surface area contributed by atoms with Crippen molar-refractivity contribution in [1.29, 1.82) is 0 Å². The van der Waals surface area contributed by atoms with Crippen LogP contribution in [-0.4, -0.2) is 0 Å². The second kappa shape index (κ2) is 4.03. The molecule has 0 spiro atoms. The van der Waals surface area contributed by atoms with Gasteiger partial charge in [-0.15, -0.1) is 0 Å². The minimum atomic E-state index is 1.06. The second-order valence-corrected chi connectivity index (χ2v) is 4.71. The molecular formula is C17H17. The highest BCUT2D eigenvalue weighted by atomic mass is 14.2. The summed E-state index contributed by atoms with van der Waals surface area (Å²) in [4.78, 5) is 0. The van der Waals surface area contributed by atoms with Gasteiger partial charge in [-0.1, -0.05) is 44.2 Å². The third-order valence-corrected chi connectivity index (χ3v) is 3.74. The Hall–Kier alpha value is -1.56. The Bertz CT molecular complexity index is 564. The molecule has 1 aliphatic carbocycles. The summed E-state index contributed by atoms with van der Waals surface area (Å²) in [5, 5.41) is 0. The zero-order valence-electron chi connectivity index (χ0n) is 10.5. The van der Waals surface area contributed by atoms with Crippen LogP contribution in [0.2, 0.25) is 0 Å². The number of rotatable bonds is 2. The van der Waals surface area contributed by atoms with Crippen molar-refractivity contribution < 1.29 is 0 Å². The highest BCUT2D eigenvalue weighted by Gasteiger charge is 2.19. The van der Waals surface area contributed by atoms with E-state index in [2.05, 4.69) is 50.2 Å². The lowest BCUT2D eigenvalue weighted by Gasteiger charge is -2.09. The summed E-state index contributed by atoms with van der Waals surface area (Å²) < 4.78 is 0. The van der Waals surface area contributed by atoms with Crippen LogP contribution < -0.4 is 0 Å². The van der Waals surface area contributed by atoms with Gasteiger partial charge < -0.3 is 0 Å². The van der Waals surface area contributed by atoms with Crippen LogP contribution >= 0.6 is 0 Å². The van der Waals surface area contributed by atoms with Gasteiger partial charge in [-0.05, 0) is 58.7 Å². The van der Waals surface area contributed by atoms with Gasteiger partial charge in [0.2, 0.25) is 0 Å². The first kappa shape index (κ1) is 10.6. The van der Waals surface area contributed by atoms with Crippen molar-refractivity contribution in [2.24, 2.45) is 0 Å². The molecule has 85 valence electrons. The van der Waals surface area contributed by atoms with Crippen LogP contribution in [0.15, 0.2) is 30.3 Å². The Kier molecular flexibility index (Phi) is 2.51. The molecule has 1 radical (unpaired) electrons. The monoisotopic (exact) mass is 221 g/mol. The van der Waals surface area contributed by atoms with Crippen molar-refractivity contribution >= 4 is 0 Å². The summed E-state index contributed by atoms with van der Waals surface area (Å²) in [6.07, 6.45) is 3.25. The lowest BCUT2D eigenvalue weighted by Crippen LogP contribution is -1.94. The first-order valence-electron chi connectivity index (χ1n) is 6.48. The maximum absolute atomic E-state index is 3.64. The fourth-order valence-corrected chi connectivity index (χ4v) is 2.82. The number of hydrogen-bond donors (Lipinski definition) is 0. The highest BCUT2D eigenvalue weighted by Crippen LogP contribution is 2.37. The van der Waals surface area contributed by atoms with Gasteiger partial charge in [0, 0.05) is 0 Å². The molecule has 0 bridgehead atoms. The first-order chi connectivity index (χ1) is 8.33. The molecule has 0 aromatic heterocycles. The Balaban J connectivity index is 2.20. The Morgan fingerprint density at radius 1 is 1.06 bits per heavy atom. The smallest absolute Gasteiger partial charge is 0.000718 e. The summed E-state index contributed by atoms with van der Waals surface area (Å²) in [7, 11) is 0. The largest absolute Gasteiger partial charge is 0.0619 e. The van der Waals surface area contributed by atoms with Gasteiger partial charge in [0.05, 0.1) is 0 Å². The predicted molar refractivity (Wildman–Crippen MR) is 72.3 cm³/mol. The molecule has 0 saturated heterocycles. The molecule has 1 aliphatic rings. The summed E-state index contributed by atoms with van der Waals surface area (Å²) in [5.74, 6) is 0. The van der Waals surface area contributed by atoms with Crippen LogP contribution in [0.4, 0.5) is 0 Å². The molecule has 3 rings (SSSR count). The van der Waals surface area contributed by atoms with E-state index in [0.717, 1.165) is 19.3 Å². The fourth-order valence-electron chi connectivity index (χ4n) is 2.82. The van der Waals surface area contributed by atoms with Crippen molar-refractivity contribution in [3.63, 3.8) is 0 Å². The van der Waals surface area contributed by atoms with E-state index < -0.39 is 0 Å². The average molecular weight is 221 g/mol. The van der Waals surface area contributed by atoms with Crippen LogP contribution in [0.5, 0.6) is 0 Å². The minimum Gasteiger partial charge on any atom is -0.0619 e. The SMILES string of the molecule is CCc1[c]c2c(cc1CC)-c1ccccc1C2. The molecule has 0 fully saturated rings. The van der Waals surface area contributed by atoms with E-state index in [1.54, 1.807) is 0 Å². The van der Waals surface area contributed by atoms with Gasteiger partial charge in [0.15, 0.2) is 0 Å². The maximum atomic E-state index is 3.64. The molecule has 0 nitrogen and oxygen atoms in total. The zero-order valence-corrected chi connectivity index (χ0v) is 10.5. The third kappa shape index (κ3) is 1.59. The average Bonchev–Trinajstić information content (AvgIpc) is 2.74.